The minimum absolute atomic E-state index is 0.416. The maximum absolute atomic E-state index is 13.0. The molecular formula is C15H18F3NO3. The molecule has 2 N–H and O–H groups in total. The van der Waals surface area contributed by atoms with Crippen LogP contribution in [0.25, 0.3) is 0 Å². The lowest BCUT2D eigenvalue weighted by Gasteiger charge is -2.38. The number of likely N-dealkylation sites (N-methyl/N-ethyl adjacent to an activating group) is 1. The topological polar surface area (TPSA) is 60.8 Å². The molecular weight excluding hydrogens is 299 g/mol. The molecule has 2 rings (SSSR count). The van der Waals surface area contributed by atoms with Crippen LogP contribution in [0.4, 0.5) is 13.2 Å². The smallest absolute Gasteiger partial charge is 0.390 e. The number of hydrogen-bond acceptors (Lipinski definition) is 3. The third-order valence-corrected chi connectivity index (χ3v) is 4.07. The summed E-state index contributed by atoms with van der Waals surface area (Å²) >= 11 is 0. The summed E-state index contributed by atoms with van der Waals surface area (Å²) in [5.41, 5.74) is -1.46. The molecule has 1 aliphatic carbocycles. The zero-order valence-electron chi connectivity index (χ0n) is 12.0. The number of hydrogen-bond donors (Lipinski definition) is 2. The van der Waals surface area contributed by atoms with Gasteiger partial charge in [-0.05, 0) is 31.4 Å². The predicted octanol–water partition coefficient (Wildman–Crippen LogP) is 2.05. The number of benzene rings is 1. The number of rotatable bonds is 2. The lowest BCUT2D eigenvalue weighted by Crippen LogP contribution is -2.51. The van der Waals surface area contributed by atoms with Gasteiger partial charge in [0.2, 0.25) is 0 Å². The van der Waals surface area contributed by atoms with Crippen LogP contribution < -0.4 is 0 Å². The molecule has 1 amide bonds. The number of aliphatic hydroxyl groups excluding tert-OH is 2. The normalized spacial score (nSPS) is 25.8. The highest BCUT2D eigenvalue weighted by molar-refractivity contribution is 5.96. The third-order valence-electron chi connectivity index (χ3n) is 4.07. The van der Waals surface area contributed by atoms with E-state index in [9.17, 15) is 28.2 Å². The van der Waals surface area contributed by atoms with Crippen LogP contribution in [-0.4, -0.2) is 46.3 Å². The zero-order chi connectivity index (χ0) is 16.5. The standard InChI is InChI=1S/C15H18F3NO3/c1-19(11-7-4-8-12(20)13(11)21)14(22)9-5-2-3-6-10(9)15(16,17)18/h2-3,5-6,11-13,20-21H,4,7-8H2,1H3/t11-,12-,13-/m1/s1. The number of carbonyl (C=O) groups is 1. The first kappa shape index (κ1) is 16.8. The monoisotopic (exact) mass is 317 g/mol. The van der Waals surface area contributed by atoms with Crippen molar-refractivity contribution in [2.75, 3.05) is 7.05 Å². The molecule has 1 fully saturated rings. The Kier molecular flexibility index (Phi) is 4.77. The summed E-state index contributed by atoms with van der Waals surface area (Å²) < 4.78 is 39.0. The minimum atomic E-state index is -4.63. The first-order valence-corrected chi connectivity index (χ1v) is 7.03. The van der Waals surface area contributed by atoms with E-state index in [1.807, 2.05) is 0 Å². The number of alkyl halides is 3. The molecule has 1 saturated carbocycles. The molecule has 122 valence electrons. The number of nitrogens with zero attached hydrogens (tertiary/aromatic N) is 1. The summed E-state index contributed by atoms with van der Waals surface area (Å²) in [5.74, 6) is -0.814. The van der Waals surface area contributed by atoms with Crippen LogP contribution in [0.2, 0.25) is 0 Å². The zero-order valence-corrected chi connectivity index (χ0v) is 12.0. The summed E-state index contributed by atoms with van der Waals surface area (Å²) in [6, 6.07) is 3.86. The Morgan fingerprint density at radius 1 is 1.23 bits per heavy atom. The molecule has 0 unspecified atom stereocenters. The summed E-state index contributed by atoms with van der Waals surface area (Å²) in [6.07, 6.45) is -5.29. The molecule has 7 heteroatoms. The van der Waals surface area contributed by atoms with Crippen molar-refractivity contribution >= 4 is 5.91 Å². The van der Waals surface area contributed by atoms with E-state index in [0.717, 1.165) is 17.0 Å². The van der Waals surface area contributed by atoms with E-state index in [1.165, 1.54) is 19.2 Å². The Labute approximate surface area is 126 Å². The maximum atomic E-state index is 13.0. The van der Waals surface area contributed by atoms with Gasteiger partial charge in [0.1, 0.15) is 6.10 Å². The molecule has 1 aliphatic rings. The molecule has 22 heavy (non-hydrogen) atoms. The van der Waals surface area contributed by atoms with Gasteiger partial charge >= 0.3 is 6.18 Å². The molecule has 0 radical (unpaired) electrons. The van der Waals surface area contributed by atoms with E-state index in [-0.39, 0.29) is 0 Å². The van der Waals surface area contributed by atoms with E-state index in [0.29, 0.717) is 19.3 Å². The molecule has 0 spiro atoms. The van der Waals surface area contributed by atoms with E-state index < -0.39 is 41.5 Å². The first-order chi connectivity index (χ1) is 10.2. The van der Waals surface area contributed by atoms with Crippen molar-refractivity contribution < 1.29 is 28.2 Å². The Hall–Kier alpha value is -1.60. The lowest BCUT2D eigenvalue weighted by molar-refractivity contribution is -0.138. The van der Waals surface area contributed by atoms with Crippen molar-refractivity contribution in [3.8, 4) is 0 Å². The Morgan fingerprint density at radius 3 is 2.50 bits per heavy atom. The maximum Gasteiger partial charge on any atom is 0.417 e. The van der Waals surface area contributed by atoms with Crippen molar-refractivity contribution in [2.24, 2.45) is 0 Å². The molecule has 0 aromatic heterocycles. The molecule has 0 saturated heterocycles. The van der Waals surface area contributed by atoms with Crippen LogP contribution in [0.3, 0.4) is 0 Å². The fraction of sp³-hybridized carbons (Fsp3) is 0.533. The van der Waals surface area contributed by atoms with Gasteiger partial charge < -0.3 is 15.1 Å². The van der Waals surface area contributed by atoms with Crippen LogP contribution in [0.5, 0.6) is 0 Å². The molecule has 0 bridgehead atoms. The van der Waals surface area contributed by atoms with Gasteiger partial charge in [-0.1, -0.05) is 12.1 Å². The van der Waals surface area contributed by atoms with Crippen LogP contribution in [0.15, 0.2) is 24.3 Å². The van der Waals surface area contributed by atoms with Crippen LogP contribution >= 0.6 is 0 Å². The van der Waals surface area contributed by atoms with Crippen LogP contribution in [0, 0.1) is 0 Å². The molecule has 4 nitrogen and oxygen atoms in total. The minimum Gasteiger partial charge on any atom is -0.390 e. The number of amides is 1. The van der Waals surface area contributed by atoms with E-state index in [4.69, 9.17) is 0 Å². The number of halogens is 3. The van der Waals surface area contributed by atoms with E-state index in [1.54, 1.807) is 0 Å². The fourth-order valence-electron chi connectivity index (χ4n) is 2.81. The summed E-state index contributed by atoms with van der Waals surface area (Å²) in [6.45, 7) is 0. The predicted molar refractivity (Wildman–Crippen MR) is 73.2 cm³/mol. The van der Waals surface area contributed by atoms with Crippen molar-refractivity contribution in [2.45, 2.75) is 43.7 Å². The van der Waals surface area contributed by atoms with Crippen molar-refractivity contribution in [1.29, 1.82) is 0 Å². The van der Waals surface area contributed by atoms with Crippen molar-refractivity contribution in [3.05, 3.63) is 35.4 Å². The van der Waals surface area contributed by atoms with Crippen molar-refractivity contribution in [3.63, 3.8) is 0 Å². The fourth-order valence-corrected chi connectivity index (χ4v) is 2.81. The third kappa shape index (κ3) is 3.25. The van der Waals surface area contributed by atoms with Gasteiger partial charge in [-0.15, -0.1) is 0 Å². The van der Waals surface area contributed by atoms with Crippen LogP contribution in [0.1, 0.15) is 35.2 Å². The van der Waals surface area contributed by atoms with Gasteiger partial charge in [0, 0.05) is 7.05 Å². The van der Waals surface area contributed by atoms with E-state index in [2.05, 4.69) is 0 Å². The Balaban J connectivity index is 2.28. The molecule has 1 aromatic rings. The lowest BCUT2D eigenvalue weighted by atomic mass is 9.88. The SMILES string of the molecule is CN(C(=O)c1ccccc1C(F)(F)F)[C@@H]1CCC[C@@H](O)[C@@H]1O. The largest absolute Gasteiger partial charge is 0.417 e. The average Bonchev–Trinajstić information content (AvgIpc) is 2.48. The Bertz CT molecular complexity index is 547. The van der Waals surface area contributed by atoms with Gasteiger partial charge in [-0.25, -0.2) is 0 Å². The molecule has 3 atom stereocenters. The first-order valence-electron chi connectivity index (χ1n) is 7.03. The molecule has 0 aliphatic heterocycles. The van der Waals surface area contributed by atoms with Crippen molar-refractivity contribution in [1.82, 2.24) is 4.90 Å². The van der Waals surface area contributed by atoms with Gasteiger partial charge in [-0.2, -0.15) is 13.2 Å². The second-order valence-corrected chi connectivity index (χ2v) is 5.52. The van der Waals surface area contributed by atoms with E-state index >= 15 is 0 Å². The second kappa shape index (κ2) is 6.26. The number of aliphatic hydroxyl groups is 2. The van der Waals surface area contributed by atoms with Crippen LogP contribution in [-0.2, 0) is 6.18 Å². The summed E-state index contributed by atoms with van der Waals surface area (Å²) in [5, 5.41) is 19.6. The highest BCUT2D eigenvalue weighted by Gasteiger charge is 2.39. The average molecular weight is 317 g/mol. The number of carbonyl (C=O) groups excluding carboxylic acids is 1. The molecule has 0 heterocycles. The summed E-state index contributed by atoms with van der Waals surface area (Å²) in [4.78, 5) is 13.5. The van der Waals surface area contributed by atoms with Gasteiger partial charge in [-0.3, -0.25) is 4.79 Å². The van der Waals surface area contributed by atoms with Gasteiger partial charge in [0.25, 0.3) is 5.91 Å². The highest BCUT2D eigenvalue weighted by atomic mass is 19.4. The molecule has 1 aromatic carbocycles. The second-order valence-electron chi connectivity index (χ2n) is 5.52. The van der Waals surface area contributed by atoms with Gasteiger partial charge in [0.15, 0.2) is 0 Å². The van der Waals surface area contributed by atoms with Gasteiger partial charge in [0.05, 0.1) is 23.3 Å². The highest BCUT2D eigenvalue weighted by Crippen LogP contribution is 2.33. The Morgan fingerprint density at radius 2 is 1.86 bits per heavy atom. The quantitative estimate of drug-likeness (QED) is 0.878. The summed E-state index contributed by atoms with van der Waals surface area (Å²) in [7, 11) is 1.35.